The summed E-state index contributed by atoms with van der Waals surface area (Å²) in [6, 6.07) is 7.19. The second-order valence-electron chi connectivity index (χ2n) is 9.80. The predicted molar refractivity (Wildman–Crippen MR) is 120 cm³/mol. The molecule has 1 saturated carbocycles. The Labute approximate surface area is 181 Å². The normalized spacial score (nSPS) is 24.6. The van der Waals surface area contributed by atoms with E-state index >= 15 is 0 Å². The van der Waals surface area contributed by atoms with Crippen molar-refractivity contribution in [3.63, 3.8) is 0 Å². The maximum absolute atomic E-state index is 13.2. The highest BCUT2D eigenvalue weighted by atomic mass is 19.1. The van der Waals surface area contributed by atoms with Crippen LogP contribution in [0, 0.1) is 11.2 Å². The second-order valence-corrected chi connectivity index (χ2v) is 9.80. The number of fused-ring (bicyclic) bond motifs is 1. The van der Waals surface area contributed by atoms with Crippen LogP contribution in [-0.4, -0.2) is 34.0 Å². The van der Waals surface area contributed by atoms with Crippen LogP contribution in [0.1, 0.15) is 61.2 Å². The average molecular weight is 418 g/mol. The van der Waals surface area contributed by atoms with Crippen molar-refractivity contribution in [3.8, 4) is 0 Å². The maximum Gasteiger partial charge on any atom is 0.254 e. The number of halogens is 1. The van der Waals surface area contributed by atoms with E-state index in [1.54, 1.807) is 0 Å². The SMILES string of the molecule is O=c1[nH]c(C2=C[C@H](N3CC=C(c4ccc(F)cc4)CC3)CC2)nc2c1CC1(CC2)CC1. The van der Waals surface area contributed by atoms with E-state index in [0.717, 1.165) is 67.8 Å². The molecule has 6 rings (SSSR count). The Morgan fingerprint density at radius 1 is 1.06 bits per heavy atom. The smallest absolute Gasteiger partial charge is 0.254 e. The molecule has 4 aliphatic rings. The van der Waals surface area contributed by atoms with Gasteiger partial charge in [-0.15, -0.1) is 0 Å². The Hall–Kier alpha value is -2.53. The number of nitrogens with zero attached hydrogens (tertiary/aromatic N) is 2. The molecule has 2 aromatic rings. The number of H-pyrrole nitrogens is 1. The number of allylic oxidation sites excluding steroid dienone is 1. The van der Waals surface area contributed by atoms with Gasteiger partial charge in [0.1, 0.15) is 11.6 Å². The fourth-order valence-corrected chi connectivity index (χ4v) is 5.64. The van der Waals surface area contributed by atoms with E-state index in [2.05, 4.69) is 22.0 Å². The lowest BCUT2D eigenvalue weighted by Crippen LogP contribution is -2.36. The number of hydrogen-bond donors (Lipinski definition) is 1. The van der Waals surface area contributed by atoms with E-state index < -0.39 is 0 Å². The number of rotatable bonds is 3. The summed E-state index contributed by atoms with van der Waals surface area (Å²) in [5, 5.41) is 0. The molecule has 1 spiro atoms. The van der Waals surface area contributed by atoms with Gasteiger partial charge in [0.2, 0.25) is 0 Å². The number of nitrogens with one attached hydrogen (secondary N) is 1. The van der Waals surface area contributed by atoms with Crippen molar-refractivity contribution in [2.24, 2.45) is 5.41 Å². The van der Waals surface area contributed by atoms with Crippen LogP contribution < -0.4 is 5.56 Å². The standard InChI is InChI=1S/C26H28FN3O/c27-20-4-1-17(2-5-20)18-8-13-30(14-9-18)21-6-3-19(15-21)24-28-23-7-10-26(11-12-26)16-22(23)25(31)29-24/h1-2,4-5,8,15,21H,3,6-7,9-14,16H2,(H,28,29,31)/t21-/m1/s1. The van der Waals surface area contributed by atoms with Crippen molar-refractivity contribution >= 4 is 11.1 Å². The summed E-state index contributed by atoms with van der Waals surface area (Å²) in [5.74, 6) is 0.601. The first-order chi connectivity index (χ1) is 15.1. The molecule has 0 radical (unpaired) electrons. The van der Waals surface area contributed by atoms with Crippen molar-refractivity contribution in [1.29, 1.82) is 0 Å². The van der Waals surface area contributed by atoms with Gasteiger partial charge in [0.25, 0.3) is 5.56 Å². The molecule has 0 saturated heterocycles. The monoisotopic (exact) mass is 417 g/mol. The predicted octanol–water partition coefficient (Wildman–Crippen LogP) is 4.51. The van der Waals surface area contributed by atoms with Crippen LogP contribution in [0.25, 0.3) is 11.1 Å². The highest BCUT2D eigenvalue weighted by molar-refractivity contribution is 5.67. The fourth-order valence-electron chi connectivity index (χ4n) is 5.64. The third-order valence-electron chi connectivity index (χ3n) is 7.83. The summed E-state index contributed by atoms with van der Waals surface area (Å²) in [6.07, 6.45) is 13.2. The molecule has 1 fully saturated rings. The molecule has 160 valence electrons. The Morgan fingerprint density at radius 3 is 2.65 bits per heavy atom. The quantitative estimate of drug-likeness (QED) is 0.799. The summed E-state index contributed by atoms with van der Waals surface area (Å²) >= 11 is 0. The highest BCUT2D eigenvalue weighted by Gasteiger charge is 2.45. The number of aromatic amines is 1. The van der Waals surface area contributed by atoms with Crippen LogP contribution in [0.2, 0.25) is 0 Å². The van der Waals surface area contributed by atoms with E-state index in [4.69, 9.17) is 4.98 Å². The Balaban J connectivity index is 1.18. The topological polar surface area (TPSA) is 49.0 Å². The van der Waals surface area contributed by atoms with Gasteiger partial charge in [-0.1, -0.05) is 24.3 Å². The number of benzene rings is 1. The lowest BCUT2D eigenvalue weighted by molar-refractivity contribution is 0.250. The van der Waals surface area contributed by atoms with Gasteiger partial charge in [0.05, 0.1) is 5.69 Å². The van der Waals surface area contributed by atoms with Crippen LogP contribution in [0.5, 0.6) is 0 Å². The molecule has 1 atom stereocenters. The first-order valence-electron chi connectivity index (χ1n) is 11.6. The Morgan fingerprint density at radius 2 is 1.90 bits per heavy atom. The maximum atomic E-state index is 13.2. The molecule has 0 amide bonds. The lowest BCUT2D eigenvalue weighted by Gasteiger charge is -2.30. The molecule has 2 heterocycles. The molecule has 3 aliphatic carbocycles. The van der Waals surface area contributed by atoms with Gasteiger partial charge in [0, 0.05) is 24.7 Å². The molecule has 0 unspecified atom stereocenters. The Kier molecular flexibility index (Phi) is 4.49. The summed E-state index contributed by atoms with van der Waals surface area (Å²) in [6.45, 7) is 1.89. The first kappa shape index (κ1) is 19.2. The largest absolute Gasteiger partial charge is 0.307 e. The first-order valence-corrected chi connectivity index (χ1v) is 11.6. The molecule has 0 bridgehead atoms. The van der Waals surface area contributed by atoms with Crippen LogP contribution in [0.15, 0.2) is 41.2 Å². The van der Waals surface area contributed by atoms with Gasteiger partial charge in [-0.25, -0.2) is 9.37 Å². The zero-order valence-electron chi connectivity index (χ0n) is 17.8. The summed E-state index contributed by atoms with van der Waals surface area (Å²) in [4.78, 5) is 23.3. The number of aryl methyl sites for hydroxylation is 1. The van der Waals surface area contributed by atoms with E-state index in [1.807, 2.05) is 12.1 Å². The van der Waals surface area contributed by atoms with E-state index in [-0.39, 0.29) is 11.4 Å². The Bertz CT molecular complexity index is 1140. The third-order valence-corrected chi connectivity index (χ3v) is 7.83. The van der Waals surface area contributed by atoms with Gasteiger partial charge in [-0.05, 0) is 85.6 Å². The minimum absolute atomic E-state index is 0.0835. The summed E-state index contributed by atoms with van der Waals surface area (Å²) in [5.41, 5.74) is 6.09. The summed E-state index contributed by atoms with van der Waals surface area (Å²) in [7, 11) is 0. The van der Waals surface area contributed by atoms with Gasteiger partial charge < -0.3 is 4.98 Å². The number of aromatic nitrogens is 2. The zero-order chi connectivity index (χ0) is 21.0. The van der Waals surface area contributed by atoms with Gasteiger partial charge in [0.15, 0.2) is 0 Å². The minimum Gasteiger partial charge on any atom is -0.307 e. The molecule has 31 heavy (non-hydrogen) atoms. The van der Waals surface area contributed by atoms with Crippen LogP contribution in [0.3, 0.4) is 0 Å². The third kappa shape index (κ3) is 3.59. The van der Waals surface area contributed by atoms with Crippen molar-refractivity contribution < 1.29 is 4.39 Å². The molecule has 4 nitrogen and oxygen atoms in total. The van der Waals surface area contributed by atoms with Gasteiger partial charge in [-0.2, -0.15) is 0 Å². The highest BCUT2D eigenvalue weighted by Crippen LogP contribution is 2.53. The molecule has 1 aromatic carbocycles. The van der Waals surface area contributed by atoms with Crippen LogP contribution in [0.4, 0.5) is 4.39 Å². The van der Waals surface area contributed by atoms with E-state index in [0.29, 0.717) is 11.5 Å². The minimum atomic E-state index is -0.189. The van der Waals surface area contributed by atoms with Crippen molar-refractivity contribution in [2.45, 2.75) is 57.4 Å². The second kappa shape index (κ2) is 7.27. The molecular formula is C26H28FN3O. The van der Waals surface area contributed by atoms with Crippen LogP contribution >= 0.6 is 0 Å². The van der Waals surface area contributed by atoms with Crippen molar-refractivity contribution in [1.82, 2.24) is 14.9 Å². The van der Waals surface area contributed by atoms with Gasteiger partial charge in [-0.3, -0.25) is 9.69 Å². The van der Waals surface area contributed by atoms with E-state index in [9.17, 15) is 9.18 Å². The lowest BCUT2D eigenvalue weighted by atomic mass is 9.84. The fraction of sp³-hybridized carbons (Fsp3) is 0.462. The number of hydrogen-bond acceptors (Lipinski definition) is 3. The molecular weight excluding hydrogens is 389 g/mol. The van der Waals surface area contributed by atoms with Crippen LogP contribution in [-0.2, 0) is 12.8 Å². The van der Waals surface area contributed by atoms with Gasteiger partial charge >= 0.3 is 0 Å². The molecule has 5 heteroatoms. The van der Waals surface area contributed by atoms with Crippen molar-refractivity contribution in [3.05, 3.63) is 75.2 Å². The van der Waals surface area contributed by atoms with E-state index in [1.165, 1.54) is 42.5 Å². The molecule has 1 aliphatic heterocycles. The zero-order valence-corrected chi connectivity index (χ0v) is 17.8. The molecule has 1 N–H and O–H groups in total. The average Bonchev–Trinajstić information content (AvgIpc) is 3.35. The van der Waals surface area contributed by atoms with Crippen molar-refractivity contribution in [2.75, 3.05) is 13.1 Å². The molecule has 1 aromatic heterocycles. The summed E-state index contributed by atoms with van der Waals surface area (Å²) < 4.78 is 13.2.